The summed E-state index contributed by atoms with van der Waals surface area (Å²) >= 11 is 3.09. The Kier molecular flexibility index (Phi) is 48.8. The molecule has 0 radical (unpaired) electrons. The zero-order valence-corrected chi connectivity index (χ0v) is 46.6. The molecule has 0 atom stereocenters. The minimum atomic E-state index is -1.44. The van der Waals surface area contributed by atoms with Crippen LogP contribution in [-0.2, 0) is 24.0 Å². The van der Waals surface area contributed by atoms with Crippen molar-refractivity contribution in [2.24, 2.45) is 11.5 Å². The zero-order chi connectivity index (χ0) is 46.5. The first-order valence-corrected chi connectivity index (χ1v) is 22.0. The molecule has 0 bridgehead atoms. The number of rotatable bonds is 14. The van der Waals surface area contributed by atoms with E-state index >= 15 is 0 Å². The number of alkyl carbamates (subject to hydrolysis) is 2. The Labute approximate surface area is 464 Å². The van der Waals surface area contributed by atoms with Crippen LogP contribution in [0.15, 0.2) is 35.7 Å². The molecule has 0 unspecified atom stereocenters. The number of ether oxygens (including phenoxy) is 2. The number of carbonyl (C=O) groups excluding carboxylic acids is 3. The van der Waals surface area contributed by atoms with Crippen molar-refractivity contribution >= 4 is 34.6 Å². The summed E-state index contributed by atoms with van der Waals surface area (Å²) in [6, 6.07) is 1.59. The number of hydrogen-bond acceptors (Lipinski definition) is 11. The molecule has 0 aliphatic heterocycles. The number of nitrogens with two attached hydrogens (primary N) is 2. The SMILES string of the molecule is CC(C)(C)OC(=O)NCC(=CF)CBr.CC(C)(C)OC(=O)NCC(=CF)CNC1CCCCC1.NC/C(=C\F)CNC1CCCCC1.NC1CCCCC1.[2H]C(=O)OO[CH-]F.[K+].[K+]. The maximum atomic E-state index is 12.8. The van der Waals surface area contributed by atoms with Crippen LogP contribution in [0.4, 0.5) is 27.2 Å². The third-order valence-electron chi connectivity index (χ3n) is 8.83. The molecule has 3 rings (SSSR count). The van der Waals surface area contributed by atoms with Crippen molar-refractivity contribution in [3.8, 4) is 0 Å². The van der Waals surface area contributed by atoms with Gasteiger partial charge >= 0.3 is 121 Å². The molecule has 8 N–H and O–H groups in total. The standard InChI is InChI=1S/C15H27FN2O2.C10H19FN2.C9H15BrFNO2.C6H13N.C2H2FO3.2K/c1-15(2,3)20-14(19)18-11-12(9-16)10-17-13-7-5-4-6-8-13;11-6-9(7-12)8-13-10-4-2-1-3-5-10;1-9(2,3)14-8(13)12-6-7(4-10)5-11;7-6-4-2-1-3-5-6;3-1-5-6-2-4;;/h9,13,17H,4-8,10-11H2,1-3H3,(H,18,19);6,10,13H,1-5,7-8,12H2;5H,4,6H2,1-3H3,(H,12,13);6H,1-5,7H2;1-2H;;/q;;;;-1;2*+1/b;9-6+;;;;;/i;;;;2D;;. The Morgan fingerprint density at radius 3 is 1.34 bits per heavy atom. The third kappa shape index (κ3) is 47.0. The second kappa shape index (κ2) is 45.3. The van der Waals surface area contributed by atoms with Crippen molar-refractivity contribution in [1.82, 2.24) is 21.3 Å². The molecule has 3 aliphatic rings. The van der Waals surface area contributed by atoms with Crippen LogP contribution in [0.5, 0.6) is 0 Å². The number of amides is 2. The second-order valence-corrected chi connectivity index (χ2v) is 17.1. The van der Waals surface area contributed by atoms with Crippen molar-refractivity contribution in [3.05, 3.63) is 42.6 Å². The molecule has 3 saturated carbocycles. The van der Waals surface area contributed by atoms with Crippen molar-refractivity contribution < 1.29 is 155 Å². The van der Waals surface area contributed by atoms with Crippen LogP contribution in [0.3, 0.4) is 0 Å². The number of alkyl halides is 1. The van der Waals surface area contributed by atoms with Crippen LogP contribution >= 0.6 is 15.9 Å². The van der Waals surface area contributed by atoms with E-state index < -0.39 is 29.8 Å². The summed E-state index contributed by atoms with van der Waals surface area (Å²) in [6.07, 6.45) is 18.3. The molecule has 3 aliphatic carbocycles. The van der Waals surface area contributed by atoms with Crippen LogP contribution in [0, 0.1) is 6.86 Å². The molecule has 0 heterocycles. The second-order valence-electron chi connectivity index (χ2n) is 16.5. The van der Waals surface area contributed by atoms with Gasteiger partial charge < -0.3 is 56.4 Å². The quantitative estimate of drug-likeness (QED) is 0.0286. The maximum Gasteiger partial charge on any atom is 1.00 e. The Balaban J connectivity index is -0.000000361. The largest absolute Gasteiger partial charge is 1.00 e. The smallest absolute Gasteiger partial charge is 0.444 e. The number of carbonyl (C=O) groups is 3. The van der Waals surface area contributed by atoms with Gasteiger partial charge in [0.15, 0.2) is 1.37 Å². The number of nitrogens with one attached hydrogen (secondary N) is 4. The fourth-order valence-corrected chi connectivity index (χ4v) is 6.07. The number of halogens is 5. The van der Waals surface area contributed by atoms with E-state index in [1.54, 1.807) is 41.5 Å². The first-order chi connectivity index (χ1) is 28.8. The van der Waals surface area contributed by atoms with Gasteiger partial charge in [-0.1, -0.05) is 73.7 Å². The van der Waals surface area contributed by atoms with Crippen molar-refractivity contribution in [2.75, 3.05) is 38.1 Å². The van der Waals surface area contributed by atoms with Gasteiger partial charge in [-0.05, 0) is 104 Å². The predicted octanol–water partition coefficient (Wildman–Crippen LogP) is 3.23. The third-order valence-corrected chi connectivity index (χ3v) is 9.55. The minimum Gasteiger partial charge on any atom is -0.444 e. The van der Waals surface area contributed by atoms with E-state index in [-0.39, 0.29) is 123 Å². The Bertz CT molecular complexity index is 1250. The van der Waals surface area contributed by atoms with Gasteiger partial charge in [0.2, 0.25) is 0 Å². The van der Waals surface area contributed by atoms with E-state index in [4.69, 9.17) is 22.3 Å². The van der Waals surface area contributed by atoms with Crippen LogP contribution in [0.25, 0.3) is 0 Å². The average Bonchev–Trinajstić information content (AvgIpc) is 3.21. The molecule has 13 nitrogen and oxygen atoms in total. The summed E-state index contributed by atoms with van der Waals surface area (Å²) in [7, 11) is 0. The van der Waals surface area contributed by atoms with E-state index in [1.807, 2.05) is 0 Å². The predicted molar refractivity (Wildman–Crippen MR) is 233 cm³/mol. The van der Waals surface area contributed by atoms with E-state index in [0.717, 1.165) is 12.8 Å². The van der Waals surface area contributed by atoms with E-state index in [1.165, 1.54) is 83.5 Å². The zero-order valence-electron chi connectivity index (χ0n) is 39.8. The molecule has 62 heavy (non-hydrogen) atoms. The van der Waals surface area contributed by atoms with Gasteiger partial charge in [-0.2, -0.15) is 0 Å². The van der Waals surface area contributed by atoms with Crippen LogP contribution in [0.2, 0.25) is 0 Å². The molecular weight excluding hydrogens is 935 g/mol. The fourth-order valence-electron chi connectivity index (χ4n) is 5.75. The first-order valence-electron chi connectivity index (χ1n) is 21.3. The molecule has 0 saturated heterocycles. The minimum absolute atomic E-state index is 0. The molecule has 20 heteroatoms. The van der Waals surface area contributed by atoms with E-state index in [0.29, 0.717) is 78.8 Å². The van der Waals surface area contributed by atoms with Gasteiger partial charge in [-0.25, -0.2) is 22.8 Å². The summed E-state index contributed by atoms with van der Waals surface area (Å²) in [5.74, 6) is 0. The summed E-state index contributed by atoms with van der Waals surface area (Å²) in [5.41, 5.74) is 11.6. The molecule has 0 aromatic rings. The van der Waals surface area contributed by atoms with E-state index in [2.05, 4.69) is 47.0 Å². The first kappa shape index (κ1) is 66.8. The van der Waals surface area contributed by atoms with Gasteiger partial charge in [0.05, 0.1) is 19.0 Å². The fraction of sp³-hybridized carbons (Fsp3) is 0.762. The van der Waals surface area contributed by atoms with Gasteiger partial charge in [-0.15, -0.1) is 0 Å². The van der Waals surface area contributed by atoms with Crippen molar-refractivity contribution in [2.45, 2.75) is 167 Å². The normalized spacial score (nSPS) is 16.7. The van der Waals surface area contributed by atoms with Gasteiger partial charge in [-0.3, -0.25) is 4.79 Å². The van der Waals surface area contributed by atoms with Crippen molar-refractivity contribution in [3.63, 3.8) is 0 Å². The molecule has 352 valence electrons. The summed E-state index contributed by atoms with van der Waals surface area (Å²) in [4.78, 5) is 38.5. The number of hydrogen-bond donors (Lipinski definition) is 6. The summed E-state index contributed by atoms with van der Waals surface area (Å²) in [5, 5.41) is 12.1. The van der Waals surface area contributed by atoms with Crippen LogP contribution in [0.1, 0.15) is 139 Å². The molecule has 0 aromatic heterocycles. The molecular formula is C42H76BrF4K2N6O7+. The van der Waals surface area contributed by atoms with Gasteiger partial charge in [0, 0.05) is 56.2 Å². The molecule has 3 fully saturated rings. The summed E-state index contributed by atoms with van der Waals surface area (Å²) in [6.45, 7) is 12.1. The molecule has 0 spiro atoms. The van der Waals surface area contributed by atoms with Crippen molar-refractivity contribution in [1.29, 1.82) is 0 Å². The Morgan fingerprint density at radius 2 is 1.06 bits per heavy atom. The Morgan fingerprint density at radius 1 is 0.694 bits per heavy atom. The molecule has 0 aromatic carbocycles. The van der Waals surface area contributed by atoms with E-state index in [9.17, 15) is 31.9 Å². The van der Waals surface area contributed by atoms with Gasteiger partial charge in [0.1, 0.15) is 11.2 Å². The Hall–Kier alpha value is 0.503. The maximum absolute atomic E-state index is 12.8. The van der Waals surface area contributed by atoms with Crippen LogP contribution < -0.4 is 136 Å². The average molecular weight is 1010 g/mol. The van der Waals surface area contributed by atoms with Gasteiger partial charge in [0.25, 0.3) is 0 Å². The topological polar surface area (TPSA) is 188 Å². The summed E-state index contributed by atoms with van der Waals surface area (Å²) < 4.78 is 63.6. The van der Waals surface area contributed by atoms with Crippen LogP contribution in [-0.4, -0.2) is 86.0 Å². The monoisotopic (exact) mass is 1010 g/mol. The molecule has 2 amide bonds.